The van der Waals surface area contributed by atoms with E-state index in [2.05, 4.69) is 10.3 Å². The van der Waals surface area contributed by atoms with Crippen LogP contribution in [0.1, 0.15) is 51.1 Å². The van der Waals surface area contributed by atoms with Crippen LogP contribution in [-0.2, 0) is 14.4 Å². The van der Waals surface area contributed by atoms with Crippen LogP contribution in [0.15, 0.2) is 42.6 Å². The number of carbonyl (C=O) groups excluding carboxylic acids is 3. The molecule has 0 saturated heterocycles. The summed E-state index contributed by atoms with van der Waals surface area (Å²) < 4.78 is 37.1. The number of benzene rings is 1. The number of hydrogen-bond acceptors (Lipinski definition) is 4. The average Bonchev–Trinajstić information content (AvgIpc) is 2.87. The Hall–Kier alpha value is -3.23. The Labute approximate surface area is 190 Å². The van der Waals surface area contributed by atoms with Crippen molar-refractivity contribution < 1.29 is 27.6 Å². The number of carbonyl (C=O) groups is 3. The van der Waals surface area contributed by atoms with Gasteiger partial charge in [-0.05, 0) is 29.7 Å². The number of pyridine rings is 1. The Morgan fingerprint density at radius 2 is 1.85 bits per heavy atom. The largest absolute Gasteiger partial charge is 0.389 e. The third-order valence-electron chi connectivity index (χ3n) is 5.52. The number of hydrogen-bond donors (Lipinski definition) is 1. The molecule has 0 fully saturated rings. The molecule has 2 amide bonds. The third kappa shape index (κ3) is 5.77. The zero-order valence-electron chi connectivity index (χ0n) is 18.5. The SMILES string of the molecule is CCCN1C(=O)[C@@H](NC(=O)[C@H](C)CC(=O)CCC(F)(F)F)c2ccccc2-c2cccnc21. The normalized spacial score (nSPS) is 16.5. The quantitative estimate of drug-likeness (QED) is 0.623. The molecule has 2 heterocycles. The van der Waals surface area contributed by atoms with Crippen LogP contribution in [0.3, 0.4) is 0 Å². The summed E-state index contributed by atoms with van der Waals surface area (Å²) in [6.45, 7) is 3.79. The fourth-order valence-electron chi connectivity index (χ4n) is 3.89. The van der Waals surface area contributed by atoms with Crippen molar-refractivity contribution in [2.24, 2.45) is 5.92 Å². The van der Waals surface area contributed by atoms with Crippen LogP contribution in [0.25, 0.3) is 11.1 Å². The molecule has 0 radical (unpaired) electrons. The second kappa shape index (κ2) is 10.1. The topological polar surface area (TPSA) is 79.4 Å². The lowest BCUT2D eigenvalue weighted by Gasteiger charge is -2.26. The van der Waals surface area contributed by atoms with Crippen molar-refractivity contribution >= 4 is 23.4 Å². The van der Waals surface area contributed by atoms with Gasteiger partial charge in [-0.1, -0.05) is 38.1 Å². The molecule has 1 N–H and O–H groups in total. The maximum Gasteiger partial charge on any atom is 0.389 e. The number of aromatic nitrogens is 1. The first-order valence-electron chi connectivity index (χ1n) is 10.9. The van der Waals surface area contributed by atoms with Gasteiger partial charge in [0.15, 0.2) is 0 Å². The number of ketones is 1. The number of amides is 2. The highest BCUT2D eigenvalue weighted by Crippen LogP contribution is 2.39. The molecule has 0 aliphatic carbocycles. The first-order valence-corrected chi connectivity index (χ1v) is 10.9. The summed E-state index contributed by atoms with van der Waals surface area (Å²) >= 11 is 0. The number of fused-ring (bicyclic) bond motifs is 3. The standard InChI is InChI=1S/C24H26F3N3O3/c1-3-13-30-21-19(9-6-12-28-21)17-7-4-5-8-18(17)20(23(30)33)29-22(32)15(2)14-16(31)10-11-24(25,26)27/h4-9,12,15,20H,3,10-11,13-14H2,1-2H3,(H,29,32)/t15-,20+/m1/s1. The molecule has 0 saturated carbocycles. The Bertz CT molecular complexity index is 1040. The minimum atomic E-state index is -4.43. The summed E-state index contributed by atoms with van der Waals surface area (Å²) in [4.78, 5) is 44.3. The van der Waals surface area contributed by atoms with E-state index in [1.165, 1.54) is 6.92 Å². The fourth-order valence-corrected chi connectivity index (χ4v) is 3.89. The number of rotatable bonds is 8. The van der Waals surface area contributed by atoms with Crippen molar-refractivity contribution in [2.45, 2.75) is 51.7 Å². The van der Waals surface area contributed by atoms with Crippen molar-refractivity contribution in [1.82, 2.24) is 10.3 Å². The van der Waals surface area contributed by atoms with Gasteiger partial charge in [0.1, 0.15) is 17.6 Å². The maximum absolute atomic E-state index is 13.5. The lowest BCUT2D eigenvalue weighted by Crippen LogP contribution is -2.44. The predicted octanol–water partition coefficient (Wildman–Crippen LogP) is 4.60. The van der Waals surface area contributed by atoms with Crippen LogP contribution in [0, 0.1) is 5.92 Å². The summed E-state index contributed by atoms with van der Waals surface area (Å²) in [5.74, 6) is -1.95. The summed E-state index contributed by atoms with van der Waals surface area (Å²) in [6, 6.07) is 9.83. The third-order valence-corrected chi connectivity index (χ3v) is 5.52. The van der Waals surface area contributed by atoms with Gasteiger partial charge in [0, 0.05) is 37.1 Å². The minimum absolute atomic E-state index is 0.328. The second-order valence-electron chi connectivity index (χ2n) is 8.15. The molecule has 1 aliphatic rings. The van der Waals surface area contributed by atoms with Gasteiger partial charge in [0.05, 0.1) is 6.42 Å². The number of nitrogens with one attached hydrogen (secondary N) is 1. The van der Waals surface area contributed by atoms with Crippen molar-refractivity contribution in [2.75, 3.05) is 11.4 Å². The van der Waals surface area contributed by atoms with Gasteiger partial charge in [0.2, 0.25) is 5.91 Å². The van der Waals surface area contributed by atoms with E-state index in [9.17, 15) is 27.6 Å². The molecule has 176 valence electrons. The number of anilines is 1. The van der Waals surface area contributed by atoms with Gasteiger partial charge in [-0.2, -0.15) is 13.2 Å². The molecule has 6 nitrogen and oxygen atoms in total. The highest BCUT2D eigenvalue weighted by molar-refractivity contribution is 6.05. The number of halogens is 3. The van der Waals surface area contributed by atoms with E-state index in [1.807, 2.05) is 25.1 Å². The zero-order chi connectivity index (χ0) is 24.2. The molecule has 0 bridgehead atoms. The first kappa shape index (κ1) is 24.4. The molecule has 0 spiro atoms. The fraction of sp³-hybridized carbons (Fsp3) is 0.417. The van der Waals surface area contributed by atoms with Gasteiger partial charge in [-0.15, -0.1) is 0 Å². The van der Waals surface area contributed by atoms with E-state index < -0.39 is 42.7 Å². The maximum atomic E-state index is 13.5. The number of Topliss-reactive ketones (excluding diaryl/α,β-unsaturated/α-hetero) is 1. The van der Waals surface area contributed by atoms with Crippen LogP contribution in [0.5, 0.6) is 0 Å². The molecular weight excluding hydrogens is 435 g/mol. The van der Waals surface area contributed by atoms with Gasteiger partial charge < -0.3 is 5.32 Å². The summed E-state index contributed by atoms with van der Waals surface area (Å²) in [6.07, 6.45) is -4.37. The molecule has 1 aromatic carbocycles. The van der Waals surface area contributed by atoms with Gasteiger partial charge in [0.25, 0.3) is 5.91 Å². The summed E-state index contributed by atoms with van der Waals surface area (Å²) in [7, 11) is 0. The lowest BCUT2D eigenvalue weighted by molar-refractivity contribution is -0.144. The van der Waals surface area contributed by atoms with Crippen LogP contribution in [-0.4, -0.2) is 35.3 Å². The highest BCUT2D eigenvalue weighted by atomic mass is 19.4. The zero-order valence-corrected chi connectivity index (χ0v) is 18.5. The Kier molecular flexibility index (Phi) is 7.50. The van der Waals surface area contributed by atoms with Crippen LogP contribution in [0.2, 0.25) is 0 Å². The molecule has 1 aromatic heterocycles. The first-order chi connectivity index (χ1) is 15.6. The van der Waals surface area contributed by atoms with Crippen molar-refractivity contribution in [3.63, 3.8) is 0 Å². The monoisotopic (exact) mass is 461 g/mol. The molecular formula is C24H26F3N3O3. The molecule has 0 unspecified atom stereocenters. The lowest BCUT2D eigenvalue weighted by atomic mass is 9.95. The van der Waals surface area contributed by atoms with Crippen molar-refractivity contribution in [3.8, 4) is 11.1 Å². The molecule has 9 heteroatoms. The van der Waals surface area contributed by atoms with Crippen LogP contribution in [0.4, 0.5) is 19.0 Å². The molecule has 3 rings (SSSR count). The van der Waals surface area contributed by atoms with E-state index in [1.54, 1.807) is 29.3 Å². The Morgan fingerprint density at radius 3 is 2.55 bits per heavy atom. The van der Waals surface area contributed by atoms with Crippen LogP contribution >= 0.6 is 0 Å². The minimum Gasteiger partial charge on any atom is -0.340 e. The predicted molar refractivity (Wildman–Crippen MR) is 117 cm³/mol. The Balaban J connectivity index is 1.85. The van der Waals surface area contributed by atoms with Crippen molar-refractivity contribution in [1.29, 1.82) is 0 Å². The molecule has 2 atom stereocenters. The van der Waals surface area contributed by atoms with E-state index in [0.29, 0.717) is 24.3 Å². The van der Waals surface area contributed by atoms with E-state index in [4.69, 9.17) is 0 Å². The smallest absolute Gasteiger partial charge is 0.340 e. The van der Waals surface area contributed by atoms with Gasteiger partial charge in [-0.3, -0.25) is 19.3 Å². The summed E-state index contributed by atoms with van der Waals surface area (Å²) in [5, 5.41) is 2.73. The second-order valence-corrected chi connectivity index (χ2v) is 8.15. The number of nitrogens with zero attached hydrogens (tertiary/aromatic N) is 2. The van der Waals surface area contributed by atoms with Crippen molar-refractivity contribution in [3.05, 3.63) is 48.2 Å². The van der Waals surface area contributed by atoms with E-state index >= 15 is 0 Å². The van der Waals surface area contributed by atoms with E-state index in [0.717, 1.165) is 11.1 Å². The molecule has 33 heavy (non-hydrogen) atoms. The number of alkyl halides is 3. The van der Waals surface area contributed by atoms with E-state index in [-0.39, 0.29) is 12.3 Å². The van der Waals surface area contributed by atoms with Crippen LogP contribution < -0.4 is 10.2 Å². The highest BCUT2D eigenvalue weighted by Gasteiger charge is 2.36. The summed E-state index contributed by atoms with van der Waals surface area (Å²) in [5.41, 5.74) is 2.12. The van der Waals surface area contributed by atoms with Gasteiger partial charge in [-0.25, -0.2) is 4.98 Å². The molecule has 1 aliphatic heterocycles. The average molecular weight is 461 g/mol. The molecule has 2 aromatic rings. The van der Waals surface area contributed by atoms with Gasteiger partial charge >= 0.3 is 6.18 Å². The Morgan fingerprint density at radius 1 is 1.15 bits per heavy atom.